The standard InChI is InChI=1S/C28H35N3O3/c1-17(2)16-24(32)30-26(19-10-5-4-6-11-19)28(34)31-23-15-9-14-22(29)25(23)21-13-8-7-12-20(21)18(3)27(31)33/h7-9,12-15,17-19,26H,4-6,10-11,16,29H2,1-3H3,(H,30,32)/t18?,26-/m0/s1. The molecule has 6 heteroatoms. The van der Waals surface area contributed by atoms with E-state index >= 15 is 0 Å². The summed E-state index contributed by atoms with van der Waals surface area (Å²) >= 11 is 0. The molecule has 2 aliphatic rings. The summed E-state index contributed by atoms with van der Waals surface area (Å²) in [6.07, 6.45) is 5.24. The molecular formula is C28H35N3O3. The lowest BCUT2D eigenvalue weighted by Crippen LogP contribution is -2.55. The zero-order chi connectivity index (χ0) is 24.4. The minimum absolute atomic E-state index is 0.00982. The van der Waals surface area contributed by atoms with Crippen molar-refractivity contribution in [3.8, 4) is 11.1 Å². The molecule has 0 bridgehead atoms. The van der Waals surface area contributed by atoms with Crippen LogP contribution in [-0.4, -0.2) is 23.8 Å². The van der Waals surface area contributed by atoms with Crippen molar-refractivity contribution in [2.45, 2.75) is 71.3 Å². The first-order valence-electron chi connectivity index (χ1n) is 12.4. The summed E-state index contributed by atoms with van der Waals surface area (Å²) in [7, 11) is 0. The fraction of sp³-hybridized carbons (Fsp3) is 0.464. The minimum atomic E-state index is -0.738. The van der Waals surface area contributed by atoms with E-state index in [9.17, 15) is 14.4 Å². The Hall–Kier alpha value is -3.15. The van der Waals surface area contributed by atoms with Gasteiger partial charge in [-0.25, -0.2) is 4.90 Å². The van der Waals surface area contributed by atoms with Crippen LogP contribution in [-0.2, 0) is 14.4 Å². The van der Waals surface area contributed by atoms with E-state index in [-0.39, 0.29) is 29.6 Å². The number of nitrogens with one attached hydrogen (secondary N) is 1. The molecule has 180 valence electrons. The van der Waals surface area contributed by atoms with Crippen molar-refractivity contribution >= 4 is 29.1 Å². The Bertz CT molecular complexity index is 1090. The summed E-state index contributed by atoms with van der Waals surface area (Å²) in [5.41, 5.74) is 9.83. The van der Waals surface area contributed by atoms with Gasteiger partial charge in [-0.05, 0) is 54.9 Å². The number of carbonyl (C=O) groups is 3. The maximum absolute atomic E-state index is 14.2. The highest BCUT2D eigenvalue weighted by atomic mass is 16.2. The predicted octanol–water partition coefficient (Wildman–Crippen LogP) is 5.02. The van der Waals surface area contributed by atoms with Crippen LogP contribution in [0.15, 0.2) is 42.5 Å². The summed E-state index contributed by atoms with van der Waals surface area (Å²) in [6, 6.07) is 12.3. The van der Waals surface area contributed by atoms with Crippen LogP contribution in [0.4, 0.5) is 11.4 Å². The highest BCUT2D eigenvalue weighted by molar-refractivity contribution is 6.22. The van der Waals surface area contributed by atoms with Crippen LogP contribution in [0, 0.1) is 11.8 Å². The monoisotopic (exact) mass is 461 g/mol. The fourth-order valence-electron chi connectivity index (χ4n) is 5.40. The van der Waals surface area contributed by atoms with Crippen LogP contribution in [0.2, 0.25) is 0 Å². The molecule has 1 heterocycles. The Labute approximate surface area is 201 Å². The van der Waals surface area contributed by atoms with E-state index in [1.165, 1.54) is 4.90 Å². The maximum atomic E-state index is 14.2. The molecule has 3 N–H and O–H groups in total. The number of amides is 3. The molecule has 2 aromatic carbocycles. The van der Waals surface area contributed by atoms with Gasteiger partial charge in [0.15, 0.2) is 0 Å². The molecule has 1 aliphatic heterocycles. The van der Waals surface area contributed by atoms with E-state index < -0.39 is 12.0 Å². The maximum Gasteiger partial charge on any atom is 0.256 e. The SMILES string of the molecule is CC(C)CC(=O)N[C@H](C(=O)N1C(=O)C(C)c2ccccc2-c2c(N)cccc21)C1CCCCC1. The molecule has 0 spiro atoms. The molecule has 0 saturated heterocycles. The number of hydrogen-bond donors (Lipinski definition) is 2. The lowest BCUT2D eigenvalue weighted by atomic mass is 9.83. The van der Waals surface area contributed by atoms with Crippen molar-refractivity contribution in [3.05, 3.63) is 48.0 Å². The second-order valence-electron chi connectivity index (χ2n) is 10.1. The third kappa shape index (κ3) is 4.59. The molecule has 34 heavy (non-hydrogen) atoms. The number of rotatable bonds is 5. The number of nitrogen functional groups attached to an aromatic ring is 1. The van der Waals surface area contributed by atoms with Crippen LogP contribution in [0.25, 0.3) is 11.1 Å². The molecule has 1 unspecified atom stereocenters. The van der Waals surface area contributed by atoms with Gasteiger partial charge < -0.3 is 11.1 Å². The number of hydrogen-bond acceptors (Lipinski definition) is 4. The number of nitrogens with two attached hydrogens (primary N) is 1. The van der Waals surface area contributed by atoms with Gasteiger partial charge in [-0.3, -0.25) is 14.4 Å². The lowest BCUT2D eigenvalue weighted by molar-refractivity contribution is -0.133. The van der Waals surface area contributed by atoms with Crippen LogP contribution >= 0.6 is 0 Å². The lowest BCUT2D eigenvalue weighted by Gasteiger charge is -2.34. The Morgan fingerprint density at radius 1 is 1.06 bits per heavy atom. The number of benzene rings is 2. The van der Waals surface area contributed by atoms with Crippen molar-refractivity contribution in [1.29, 1.82) is 0 Å². The Kier molecular flexibility index (Phi) is 7.05. The van der Waals surface area contributed by atoms with E-state index in [1.54, 1.807) is 18.2 Å². The van der Waals surface area contributed by atoms with Gasteiger partial charge in [-0.15, -0.1) is 0 Å². The molecule has 3 amide bonds. The zero-order valence-corrected chi connectivity index (χ0v) is 20.3. The van der Waals surface area contributed by atoms with Crippen LogP contribution < -0.4 is 16.0 Å². The first-order chi connectivity index (χ1) is 16.3. The normalized spacial score (nSPS) is 19.2. The van der Waals surface area contributed by atoms with Crippen LogP contribution in [0.5, 0.6) is 0 Å². The predicted molar refractivity (Wildman–Crippen MR) is 135 cm³/mol. The first kappa shape index (κ1) is 24.0. The number of carbonyl (C=O) groups excluding carboxylic acids is 3. The summed E-state index contributed by atoms with van der Waals surface area (Å²) < 4.78 is 0. The van der Waals surface area contributed by atoms with Crippen molar-refractivity contribution in [1.82, 2.24) is 5.32 Å². The average molecular weight is 462 g/mol. The molecule has 2 aromatic rings. The molecule has 2 atom stereocenters. The van der Waals surface area contributed by atoms with Gasteiger partial charge >= 0.3 is 0 Å². The van der Waals surface area contributed by atoms with Crippen LogP contribution in [0.1, 0.15) is 70.8 Å². The second kappa shape index (κ2) is 10.00. The Balaban J connectivity index is 1.80. The highest BCUT2D eigenvalue weighted by Gasteiger charge is 2.41. The summed E-state index contributed by atoms with van der Waals surface area (Å²) in [5.74, 6) is -1.13. The van der Waals surface area contributed by atoms with Gasteiger partial charge in [-0.2, -0.15) is 0 Å². The summed E-state index contributed by atoms with van der Waals surface area (Å²) in [5, 5.41) is 3.02. The van der Waals surface area contributed by atoms with Gasteiger partial charge in [-0.1, -0.05) is 63.4 Å². The Morgan fingerprint density at radius 2 is 1.76 bits per heavy atom. The van der Waals surface area contributed by atoms with Gasteiger partial charge in [0.2, 0.25) is 11.8 Å². The van der Waals surface area contributed by atoms with Gasteiger partial charge in [0.25, 0.3) is 5.91 Å². The largest absolute Gasteiger partial charge is 0.398 e. The van der Waals surface area contributed by atoms with Gasteiger partial charge in [0, 0.05) is 17.7 Å². The minimum Gasteiger partial charge on any atom is -0.398 e. The molecule has 0 radical (unpaired) electrons. The van der Waals surface area contributed by atoms with E-state index in [0.29, 0.717) is 23.4 Å². The molecule has 4 rings (SSSR count). The Morgan fingerprint density at radius 3 is 2.47 bits per heavy atom. The smallest absolute Gasteiger partial charge is 0.256 e. The highest BCUT2D eigenvalue weighted by Crippen LogP contribution is 2.44. The quantitative estimate of drug-likeness (QED) is 0.611. The van der Waals surface area contributed by atoms with Gasteiger partial charge in [0.1, 0.15) is 6.04 Å². The number of nitrogens with zero attached hydrogens (tertiary/aromatic N) is 1. The molecule has 1 fully saturated rings. The average Bonchev–Trinajstić information content (AvgIpc) is 2.91. The summed E-state index contributed by atoms with van der Waals surface area (Å²) in [6.45, 7) is 5.79. The zero-order valence-electron chi connectivity index (χ0n) is 20.3. The molecule has 1 saturated carbocycles. The molecular weight excluding hydrogens is 426 g/mol. The van der Waals surface area contributed by atoms with Crippen molar-refractivity contribution in [2.75, 3.05) is 10.6 Å². The topological polar surface area (TPSA) is 92.5 Å². The van der Waals surface area contributed by atoms with E-state index in [0.717, 1.165) is 43.2 Å². The van der Waals surface area contributed by atoms with Crippen LogP contribution in [0.3, 0.4) is 0 Å². The molecule has 1 aliphatic carbocycles. The van der Waals surface area contributed by atoms with E-state index in [1.807, 2.05) is 45.0 Å². The van der Waals surface area contributed by atoms with Crippen molar-refractivity contribution in [2.24, 2.45) is 11.8 Å². The second-order valence-corrected chi connectivity index (χ2v) is 10.1. The van der Waals surface area contributed by atoms with Gasteiger partial charge in [0.05, 0.1) is 11.6 Å². The van der Waals surface area contributed by atoms with E-state index in [4.69, 9.17) is 5.73 Å². The van der Waals surface area contributed by atoms with E-state index in [2.05, 4.69) is 5.32 Å². The van der Waals surface area contributed by atoms with Crippen molar-refractivity contribution in [3.63, 3.8) is 0 Å². The molecule has 0 aromatic heterocycles. The third-order valence-corrected chi connectivity index (χ3v) is 7.12. The number of anilines is 2. The molecule has 6 nitrogen and oxygen atoms in total. The number of imide groups is 1. The fourth-order valence-corrected chi connectivity index (χ4v) is 5.40. The summed E-state index contributed by atoms with van der Waals surface area (Å²) in [4.78, 5) is 42.1. The third-order valence-electron chi connectivity index (χ3n) is 7.12. The number of fused-ring (bicyclic) bond motifs is 3. The first-order valence-corrected chi connectivity index (χ1v) is 12.4. The van der Waals surface area contributed by atoms with Crippen molar-refractivity contribution < 1.29 is 14.4 Å².